The Labute approximate surface area is 166 Å². The molecule has 0 amide bonds. The van der Waals surface area contributed by atoms with Crippen LogP contribution in [0.15, 0.2) is 67.2 Å². The van der Waals surface area contributed by atoms with Crippen molar-refractivity contribution in [1.29, 1.82) is 0 Å². The second kappa shape index (κ2) is 7.50. The molecule has 2 radical (unpaired) electrons. The Morgan fingerprint density at radius 2 is 1.24 bits per heavy atom. The molecule has 0 saturated heterocycles. The van der Waals surface area contributed by atoms with Gasteiger partial charge >= 0.3 is 12.2 Å². The Kier molecular flexibility index (Phi) is 5.39. The largest absolute Gasteiger partial charge is 0.380 e. The normalized spacial score (nSPS) is 12.1. The predicted octanol–water partition coefficient (Wildman–Crippen LogP) is 4.54. The molecule has 3 aromatic carbocycles. The first-order chi connectivity index (χ1) is 13.5. The minimum atomic E-state index is -4.06. The summed E-state index contributed by atoms with van der Waals surface area (Å²) in [5.74, 6) is 0. The molecule has 3 aromatic rings. The van der Waals surface area contributed by atoms with E-state index in [2.05, 4.69) is 6.58 Å². The molecule has 0 saturated carbocycles. The molecule has 0 aliphatic rings. The number of hydrogen-bond donors (Lipinski definition) is 2. The third-order valence-electron chi connectivity index (χ3n) is 4.49. The Morgan fingerprint density at radius 1 is 0.759 bits per heavy atom. The van der Waals surface area contributed by atoms with E-state index in [9.17, 15) is 17.6 Å². The van der Waals surface area contributed by atoms with Gasteiger partial charge in [-0.05, 0) is 39.9 Å². The van der Waals surface area contributed by atoms with Crippen molar-refractivity contribution in [3.63, 3.8) is 0 Å². The van der Waals surface area contributed by atoms with Crippen LogP contribution in [-0.4, -0.2) is 18.1 Å². The first-order valence-electron chi connectivity index (χ1n) is 8.49. The minimum absolute atomic E-state index is 0.213. The number of halogens is 4. The van der Waals surface area contributed by atoms with Gasteiger partial charge in [-0.2, -0.15) is 17.6 Å². The molecule has 2 N–H and O–H groups in total. The summed E-state index contributed by atoms with van der Waals surface area (Å²) in [5, 5.41) is 18.1. The standard InChI is InChI=1S/C22H15BF4O2/c1-2-13-9-10-18(23)20(15-6-4-8-17(12-15)22(26,27)29)19(13)14-5-3-7-16(11-14)21(24,25)28/h2-12,28-29H,1H2. The number of benzene rings is 3. The van der Waals surface area contributed by atoms with Gasteiger partial charge in [-0.15, -0.1) is 0 Å². The molecule has 0 bridgehead atoms. The van der Waals surface area contributed by atoms with E-state index in [1.165, 1.54) is 30.3 Å². The van der Waals surface area contributed by atoms with Crippen molar-refractivity contribution in [3.8, 4) is 22.3 Å². The van der Waals surface area contributed by atoms with E-state index in [0.717, 1.165) is 24.3 Å². The molecule has 29 heavy (non-hydrogen) atoms. The zero-order valence-corrected chi connectivity index (χ0v) is 15.0. The number of hydrogen-bond acceptors (Lipinski definition) is 2. The molecule has 0 aliphatic carbocycles. The maximum absolute atomic E-state index is 13.4. The second-order valence-corrected chi connectivity index (χ2v) is 6.44. The molecule has 0 heterocycles. The summed E-state index contributed by atoms with van der Waals surface area (Å²) in [6.07, 6.45) is -6.63. The van der Waals surface area contributed by atoms with Crippen LogP contribution in [0.5, 0.6) is 0 Å². The summed E-state index contributed by atoms with van der Waals surface area (Å²) in [4.78, 5) is 0. The molecule has 146 valence electrons. The van der Waals surface area contributed by atoms with Crippen LogP contribution in [0.4, 0.5) is 17.6 Å². The van der Waals surface area contributed by atoms with Gasteiger partial charge in [0.05, 0.1) is 11.1 Å². The topological polar surface area (TPSA) is 40.5 Å². The van der Waals surface area contributed by atoms with Crippen molar-refractivity contribution in [2.45, 2.75) is 12.2 Å². The summed E-state index contributed by atoms with van der Waals surface area (Å²) in [6.45, 7) is 3.71. The Bertz CT molecular complexity index is 1070. The zero-order valence-electron chi connectivity index (χ0n) is 15.0. The quantitative estimate of drug-likeness (QED) is 0.490. The van der Waals surface area contributed by atoms with Gasteiger partial charge < -0.3 is 10.2 Å². The van der Waals surface area contributed by atoms with Gasteiger partial charge in [-0.3, -0.25) is 0 Å². The van der Waals surface area contributed by atoms with Crippen LogP contribution in [0.25, 0.3) is 28.3 Å². The number of alkyl halides is 4. The maximum atomic E-state index is 13.4. The number of aliphatic hydroxyl groups is 2. The van der Waals surface area contributed by atoms with Gasteiger partial charge in [0.15, 0.2) is 0 Å². The SMILES string of the molecule is [B]c1ccc(C=C)c(-c2cccc(C(O)(F)F)c2)c1-c1cccc(C(O)(F)F)c1. The fourth-order valence-electron chi connectivity index (χ4n) is 3.15. The monoisotopic (exact) mass is 398 g/mol. The highest BCUT2D eigenvalue weighted by atomic mass is 19.3. The highest BCUT2D eigenvalue weighted by Crippen LogP contribution is 2.38. The van der Waals surface area contributed by atoms with Gasteiger partial charge in [0.1, 0.15) is 7.85 Å². The van der Waals surface area contributed by atoms with Crippen LogP contribution in [0.2, 0.25) is 0 Å². The number of rotatable bonds is 5. The zero-order chi connectivity index (χ0) is 21.4. The molecule has 0 fully saturated rings. The molecule has 3 rings (SSSR count). The lowest BCUT2D eigenvalue weighted by atomic mass is 9.79. The lowest BCUT2D eigenvalue weighted by molar-refractivity contribution is -0.209. The lowest BCUT2D eigenvalue weighted by Crippen LogP contribution is -2.14. The van der Waals surface area contributed by atoms with Crippen LogP contribution in [0.1, 0.15) is 16.7 Å². The van der Waals surface area contributed by atoms with Crippen molar-refractivity contribution < 1.29 is 27.8 Å². The Hall–Kier alpha value is -2.90. The van der Waals surface area contributed by atoms with Crippen LogP contribution in [0.3, 0.4) is 0 Å². The van der Waals surface area contributed by atoms with Crippen LogP contribution < -0.4 is 5.46 Å². The third-order valence-corrected chi connectivity index (χ3v) is 4.49. The van der Waals surface area contributed by atoms with Crippen LogP contribution in [-0.2, 0) is 12.2 Å². The summed E-state index contributed by atoms with van der Waals surface area (Å²) >= 11 is 0. The molecular formula is C22H15BF4O2. The van der Waals surface area contributed by atoms with E-state index >= 15 is 0 Å². The summed E-state index contributed by atoms with van der Waals surface area (Å²) < 4.78 is 53.6. The summed E-state index contributed by atoms with van der Waals surface area (Å²) in [6, 6.07) is 13.2. The van der Waals surface area contributed by atoms with Crippen molar-refractivity contribution in [2.75, 3.05) is 0 Å². The predicted molar refractivity (Wildman–Crippen MR) is 105 cm³/mol. The van der Waals surface area contributed by atoms with Crippen molar-refractivity contribution >= 4 is 19.4 Å². The fraction of sp³-hybridized carbons (Fsp3) is 0.0909. The van der Waals surface area contributed by atoms with Crippen LogP contribution >= 0.6 is 0 Å². The molecule has 0 atom stereocenters. The van der Waals surface area contributed by atoms with Crippen LogP contribution in [0, 0.1) is 0 Å². The average molecular weight is 398 g/mol. The summed E-state index contributed by atoms with van der Waals surface area (Å²) in [5.41, 5.74) is 0.701. The smallest absolute Gasteiger partial charge is 0.332 e. The Morgan fingerprint density at radius 3 is 1.69 bits per heavy atom. The second-order valence-electron chi connectivity index (χ2n) is 6.44. The molecule has 2 nitrogen and oxygen atoms in total. The van der Waals surface area contributed by atoms with Gasteiger partial charge in [-0.25, -0.2) is 0 Å². The van der Waals surface area contributed by atoms with E-state index in [1.54, 1.807) is 12.1 Å². The van der Waals surface area contributed by atoms with Gasteiger partial charge in [0.2, 0.25) is 0 Å². The van der Waals surface area contributed by atoms with Gasteiger partial charge in [0.25, 0.3) is 0 Å². The molecule has 7 heteroatoms. The molecule has 0 aromatic heterocycles. The highest BCUT2D eigenvalue weighted by molar-refractivity contribution is 6.37. The first kappa shape index (κ1) is 20.8. The third kappa shape index (κ3) is 4.26. The minimum Gasteiger partial charge on any atom is -0.332 e. The molecular weight excluding hydrogens is 383 g/mol. The van der Waals surface area contributed by atoms with E-state index < -0.39 is 23.3 Å². The van der Waals surface area contributed by atoms with E-state index in [4.69, 9.17) is 18.1 Å². The lowest BCUT2D eigenvalue weighted by Gasteiger charge is -2.19. The van der Waals surface area contributed by atoms with Crippen molar-refractivity contribution in [2.24, 2.45) is 0 Å². The first-order valence-corrected chi connectivity index (χ1v) is 8.49. The molecule has 0 spiro atoms. The van der Waals surface area contributed by atoms with E-state index in [1.807, 2.05) is 0 Å². The highest BCUT2D eigenvalue weighted by Gasteiger charge is 2.29. The maximum Gasteiger partial charge on any atom is 0.380 e. The Balaban J connectivity index is 2.33. The van der Waals surface area contributed by atoms with Gasteiger partial charge in [0, 0.05) is 0 Å². The molecule has 0 unspecified atom stereocenters. The van der Waals surface area contributed by atoms with Gasteiger partial charge in [-0.1, -0.05) is 66.6 Å². The fourth-order valence-corrected chi connectivity index (χ4v) is 3.15. The summed E-state index contributed by atoms with van der Waals surface area (Å²) in [7, 11) is 6.12. The van der Waals surface area contributed by atoms with Crippen molar-refractivity contribution in [3.05, 3.63) is 83.9 Å². The molecule has 0 aliphatic heterocycles. The van der Waals surface area contributed by atoms with E-state index in [0.29, 0.717) is 16.7 Å². The average Bonchev–Trinajstić information content (AvgIpc) is 2.66. The van der Waals surface area contributed by atoms with Crippen molar-refractivity contribution in [1.82, 2.24) is 0 Å². The van der Waals surface area contributed by atoms with E-state index in [-0.39, 0.29) is 16.6 Å².